The van der Waals surface area contributed by atoms with Gasteiger partial charge in [-0.2, -0.15) is 0 Å². The fourth-order valence-corrected chi connectivity index (χ4v) is 1.09. The summed E-state index contributed by atoms with van der Waals surface area (Å²) in [4.78, 5) is 11.3. The molecule has 1 rings (SSSR count). The van der Waals surface area contributed by atoms with Gasteiger partial charge in [0.15, 0.2) is 0 Å². The molecule has 94 valence electrons. The summed E-state index contributed by atoms with van der Waals surface area (Å²) in [7, 11) is 0. The topological polar surface area (TPSA) is 69.6 Å². The summed E-state index contributed by atoms with van der Waals surface area (Å²) in [5.41, 5.74) is -0.707. The molecule has 0 saturated heterocycles. The number of phenolic OH excluding ortho intramolecular Hbond substituents is 1. The van der Waals surface area contributed by atoms with Crippen molar-refractivity contribution in [1.29, 1.82) is 0 Å². The number of halogens is 3. The van der Waals surface area contributed by atoms with Crippen LogP contribution in [0.15, 0.2) is 18.2 Å². The van der Waals surface area contributed by atoms with Crippen LogP contribution in [0.2, 0.25) is 0 Å². The minimum Gasteiger partial charge on any atom is -0.507 e. The van der Waals surface area contributed by atoms with Gasteiger partial charge in [0.25, 0.3) is 11.8 Å². The number of carbonyl (C=O) groups excluding carboxylic acids is 1. The molecule has 4 nitrogen and oxygen atoms in total. The van der Waals surface area contributed by atoms with Crippen LogP contribution < -0.4 is 5.32 Å². The molecule has 17 heavy (non-hydrogen) atoms. The number of nitrogens with one attached hydrogen (secondary N) is 1. The Morgan fingerprint density at radius 2 is 2.06 bits per heavy atom. The molecule has 0 radical (unpaired) electrons. The van der Waals surface area contributed by atoms with Crippen molar-refractivity contribution in [3.63, 3.8) is 0 Å². The highest BCUT2D eigenvalue weighted by atomic mass is 19.3. The first-order chi connectivity index (χ1) is 7.87. The van der Waals surface area contributed by atoms with E-state index < -0.39 is 42.1 Å². The van der Waals surface area contributed by atoms with E-state index in [2.05, 4.69) is 0 Å². The Morgan fingerprint density at radius 1 is 1.41 bits per heavy atom. The van der Waals surface area contributed by atoms with Crippen LogP contribution in [0.3, 0.4) is 0 Å². The summed E-state index contributed by atoms with van der Waals surface area (Å²) in [6.45, 7) is -2.58. The highest BCUT2D eigenvalue weighted by Crippen LogP contribution is 2.20. The lowest BCUT2D eigenvalue weighted by Gasteiger charge is -2.14. The molecule has 0 aliphatic rings. The molecule has 1 aromatic carbocycles. The smallest absolute Gasteiger partial charge is 0.287 e. The molecule has 0 unspecified atom stereocenters. The van der Waals surface area contributed by atoms with E-state index in [1.165, 1.54) is 6.07 Å². The molecule has 0 bridgehead atoms. The maximum absolute atomic E-state index is 13.1. The molecule has 0 heterocycles. The lowest BCUT2D eigenvalue weighted by atomic mass is 10.1. The zero-order valence-corrected chi connectivity index (χ0v) is 8.58. The molecular formula is C10H10F3NO3. The van der Waals surface area contributed by atoms with E-state index in [1.807, 2.05) is 0 Å². The van der Waals surface area contributed by atoms with Crippen LogP contribution in [0.25, 0.3) is 0 Å². The van der Waals surface area contributed by atoms with Crippen LogP contribution in [0, 0.1) is 5.82 Å². The van der Waals surface area contributed by atoms with Crippen molar-refractivity contribution in [3.05, 3.63) is 29.6 Å². The average Bonchev–Trinajstić information content (AvgIpc) is 2.26. The number of aliphatic hydroxyl groups excluding tert-OH is 1. The molecule has 0 aromatic heterocycles. The second kappa shape index (κ2) is 5.05. The van der Waals surface area contributed by atoms with Gasteiger partial charge in [-0.25, -0.2) is 13.2 Å². The van der Waals surface area contributed by atoms with Gasteiger partial charge in [0.2, 0.25) is 0 Å². The normalized spacial score (nSPS) is 11.3. The molecule has 0 saturated carbocycles. The minimum absolute atomic E-state index is 0.644. The average molecular weight is 249 g/mol. The van der Waals surface area contributed by atoms with Crippen LogP contribution in [-0.4, -0.2) is 35.2 Å². The standard InChI is InChI=1S/C10H10F3NO3/c11-6-2-1-3-7(16)8(6)9(17)14-4-10(12,13)5-15/h1-3,15-16H,4-5H2,(H,14,17). The molecule has 0 fully saturated rings. The Bertz CT molecular complexity index is 403. The summed E-state index contributed by atoms with van der Waals surface area (Å²) in [6.07, 6.45) is 0. The Balaban J connectivity index is 2.78. The van der Waals surface area contributed by atoms with Gasteiger partial charge in [0, 0.05) is 0 Å². The summed E-state index contributed by atoms with van der Waals surface area (Å²) in [5.74, 6) is -6.32. The Kier molecular flexibility index (Phi) is 3.95. The summed E-state index contributed by atoms with van der Waals surface area (Å²) < 4.78 is 38.4. The third kappa shape index (κ3) is 3.35. The first kappa shape index (κ1) is 13.3. The molecule has 0 spiro atoms. The number of hydrogen-bond donors (Lipinski definition) is 3. The number of phenols is 1. The van der Waals surface area contributed by atoms with Crippen molar-refractivity contribution in [2.75, 3.05) is 13.2 Å². The SMILES string of the molecule is O=C(NCC(F)(F)CO)c1c(O)cccc1F. The zero-order valence-electron chi connectivity index (χ0n) is 8.58. The van der Waals surface area contributed by atoms with Gasteiger partial charge < -0.3 is 15.5 Å². The van der Waals surface area contributed by atoms with Crippen molar-refractivity contribution < 1.29 is 28.2 Å². The molecule has 1 amide bonds. The van der Waals surface area contributed by atoms with Gasteiger partial charge in [-0.3, -0.25) is 4.79 Å². The molecular weight excluding hydrogens is 239 g/mol. The summed E-state index contributed by atoms with van der Waals surface area (Å²) in [6, 6.07) is 3.14. The van der Waals surface area contributed by atoms with Crippen molar-refractivity contribution in [2.24, 2.45) is 0 Å². The summed E-state index contributed by atoms with van der Waals surface area (Å²) in [5, 5.41) is 19.2. The summed E-state index contributed by atoms with van der Waals surface area (Å²) >= 11 is 0. The van der Waals surface area contributed by atoms with E-state index in [1.54, 1.807) is 5.32 Å². The Hall–Kier alpha value is -1.76. The van der Waals surface area contributed by atoms with E-state index in [0.717, 1.165) is 12.1 Å². The lowest BCUT2D eigenvalue weighted by molar-refractivity contribution is -0.0462. The number of alkyl halides is 2. The number of carbonyl (C=O) groups is 1. The van der Waals surface area contributed by atoms with Crippen molar-refractivity contribution >= 4 is 5.91 Å². The highest BCUT2D eigenvalue weighted by Gasteiger charge is 2.29. The van der Waals surface area contributed by atoms with Crippen LogP contribution >= 0.6 is 0 Å². The minimum atomic E-state index is -3.49. The monoisotopic (exact) mass is 249 g/mol. The molecule has 0 aliphatic carbocycles. The first-order valence-corrected chi connectivity index (χ1v) is 4.62. The van der Waals surface area contributed by atoms with Gasteiger partial charge in [0.05, 0.1) is 6.54 Å². The van der Waals surface area contributed by atoms with E-state index in [-0.39, 0.29) is 0 Å². The van der Waals surface area contributed by atoms with Crippen LogP contribution in [0.4, 0.5) is 13.2 Å². The third-order valence-electron chi connectivity index (χ3n) is 1.96. The maximum atomic E-state index is 13.1. The fourth-order valence-electron chi connectivity index (χ4n) is 1.09. The zero-order chi connectivity index (χ0) is 13.1. The second-order valence-corrected chi connectivity index (χ2v) is 3.33. The molecule has 0 atom stereocenters. The highest BCUT2D eigenvalue weighted by molar-refractivity contribution is 5.97. The predicted octanol–water partition coefficient (Wildman–Crippen LogP) is 0.889. The number of rotatable bonds is 4. The third-order valence-corrected chi connectivity index (χ3v) is 1.96. The van der Waals surface area contributed by atoms with Crippen molar-refractivity contribution in [2.45, 2.75) is 5.92 Å². The molecule has 1 aromatic rings. The van der Waals surface area contributed by atoms with E-state index in [4.69, 9.17) is 5.11 Å². The number of hydrogen-bond acceptors (Lipinski definition) is 3. The van der Waals surface area contributed by atoms with Gasteiger partial charge in [0.1, 0.15) is 23.7 Å². The van der Waals surface area contributed by atoms with Crippen molar-refractivity contribution in [3.8, 4) is 5.75 Å². The second-order valence-electron chi connectivity index (χ2n) is 3.33. The number of amides is 1. The van der Waals surface area contributed by atoms with Gasteiger partial charge >= 0.3 is 0 Å². The number of aromatic hydroxyl groups is 1. The van der Waals surface area contributed by atoms with Crippen molar-refractivity contribution in [1.82, 2.24) is 5.32 Å². The molecule has 7 heteroatoms. The number of aliphatic hydroxyl groups is 1. The van der Waals surface area contributed by atoms with Crippen LogP contribution in [0.5, 0.6) is 5.75 Å². The Morgan fingerprint density at radius 3 is 2.59 bits per heavy atom. The van der Waals surface area contributed by atoms with Crippen LogP contribution in [-0.2, 0) is 0 Å². The number of benzene rings is 1. The lowest BCUT2D eigenvalue weighted by Crippen LogP contribution is -2.39. The quantitative estimate of drug-likeness (QED) is 0.742. The van der Waals surface area contributed by atoms with Gasteiger partial charge in [-0.15, -0.1) is 0 Å². The maximum Gasteiger partial charge on any atom is 0.287 e. The van der Waals surface area contributed by atoms with E-state index in [9.17, 15) is 23.1 Å². The Labute approximate surface area is 94.7 Å². The van der Waals surface area contributed by atoms with E-state index in [0.29, 0.717) is 0 Å². The molecule has 3 N–H and O–H groups in total. The fraction of sp³-hybridized carbons (Fsp3) is 0.300. The van der Waals surface area contributed by atoms with Gasteiger partial charge in [-0.05, 0) is 12.1 Å². The largest absolute Gasteiger partial charge is 0.507 e. The predicted molar refractivity (Wildman–Crippen MR) is 52.4 cm³/mol. The van der Waals surface area contributed by atoms with Crippen LogP contribution in [0.1, 0.15) is 10.4 Å². The van der Waals surface area contributed by atoms with Gasteiger partial charge in [-0.1, -0.05) is 6.07 Å². The molecule has 0 aliphatic heterocycles. The van der Waals surface area contributed by atoms with E-state index >= 15 is 0 Å². The first-order valence-electron chi connectivity index (χ1n) is 4.62.